The molecule has 1 aromatic heterocycles. The summed E-state index contributed by atoms with van der Waals surface area (Å²) in [5.41, 5.74) is 2.51. The Morgan fingerprint density at radius 3 is 2.82 bits per heavy atom. The highest BCUT2D eigenvalue weighted by molar-refractivity contribution is 7.16. The Morgan fingerprint density at radius 2 is 2.06 bits per heavy atom. The molecule has 1 aliphatic heterocycles. The molecule has 1 aliphatic carbocycles. The first-order valence-corrected chi connectivity index (χ1v) is 12.4. The number of para-hydroxylation sites is 1. The third-order valence-electron chi connectivity index (χ3n) is 6.11. The molecule has 1 N–H and O–H groups in total. The normalized spacial score (nSPS) is 17.2. The second-order valence-corrected chi connectivity index (χ2v) is 9.46. The minimum Gasteiger partial charge on any atom is -0.494 e. The van der Waals surface area contributed by atoms with Gasteiger partial charge in [0, 0.05) is 30.8 Å². The number of carbonyl (C=O) groups is 2. The number of hydrogen-bond acceptors (Lipinski definition) is 6. The highest BCUT2D eigenvalue weighted by atomic mass is 32.1. The van der Waals surface area contributed by atoms with Crippen LogP contribution in [0.1, 0.15) is 54.2 Å². The van der Waals surface area contributed by atoms with Gasteiger partial charge in [0.05, 0.1) is 12.2 Å². The van der Waals surface area contributed by atoms with Crippen molar-refractivity contribution in [3.05, 3.63) is 45.8 Å². The summed E-state index contributed by atoms with van der Waals surface area (Å²) in [6.45, 7) is 4.03. The maximum Gasteiger partial charge on any atom is 0.410 e. The zero-order chi connectivity index (χ0) is 23.2. The summed E-state index contributed by atoms with van der Waals surface area (Å²) in [5, 5.41) is 13.3. The predicted octanol–water partition coefficient (Wildman–Crippen LogP) is 4.68. The van der Waals surface area contributed by atoms with Gasteiger partial charge in [-0.15, -0.1) is 11.3 Å². The van der Waals surface area contributed by atoms with Crippen molar-refractivity contribution in [2.24, 2.45) is 0 Å². The first kappa shape index (κ1) is 23.1. The molecule has 1 unspecified atom stereocenters. The van der Waals surface area contributed by atoms with E-state index < -0.39 is 0 Å². The van der Waals surface area contributed by atoms with Crippen molar-refractivity contribution in [3.63, 3.8) is 0 Å². The fourth-order valence-electron chi connectivity index (χ4n) is 4.42. The number of hydrogen-bond donors (Lipinski definition) is 1. The van der Waals surface area contributed by atoms with Crippen molar-refractivity contribution in [3.8, 4) is 11.8 Å². The van der Waals surface area contributed by atoms with E-state index in [4.69, 9.17) is 9.47 Å². The molecule has 2 aromatic rings. The number of amides is 2. The quantitative estimate of drug-likeness (QED) is 0.638. The number of carbonyl (C=O) groups excluding carboxylic acids is 2. The molecule has 2 aliphatic rings. The number of ether oxygens (including phenoxy) is 2. The van der Waals surface area contributed by atoms with Crippen molar-refractivity contribution >= 4 is 28.3 Å². The standard InChI is InChI=1S/C25H29N3O4S/c1-2-31-21-8-4-3-7-17(21)9-12-23(29)27-24-20(16-26)19-11-10-18(15-22(19)33-24)32-25(30)28-13-5-6-14-28/h3-4,7-8,18H,2,5-6,9-15H2,1H3,(H,27,29). The Bertz CT molecular complexity index is 1050. The number of benzene rings is 1. The van der Waals surface area contributed by atoms with Crippen LogP contribution >= 0.6 is 11.3 Å². The van der Waals surface area contributed by atoms with Crippen LogP contribution < -0.4 is 10.1 Å². The predicted molar refractivity (Wildman–Crippen MR) is 127 cm³/mol. The third-order valence-corrected chi connectivity index (χ3v) is 7.28. The maximum atomic E-state index is 12.7. The number of nitriles is 1. The van der Waals surface area contributed by atoms with Crippen LogP contribution in [0.25, 0.3) is 0 Å². The number of likely N-dealkylation sites (tertiary alicyclic amines) is 1. The second-order valence-electron chi connectivity index (χ2n) is 8.35. The average molecular weight is 468 g/mol. The van der Waals surface area contributed by atoms with Crippen LogP contribution in [-0.4, -0.2) is 42.7 Å². The number of aryl methyl sites for hydroxylation is 1. The molecule has 1 atom stereocenters. The highest BCUT2D eigenvalue weighted by Gasteiger charge is 2.30. The van der Waals surface area contributed by atoms with E-state index in [0.29, 0.717) is 49.3 Å². The lowest BCUT2D eigenvalue weighted by Crippen LogP contribution is -2.34. The summed E-state index contributed by atoms with van der Waals surface area (Å²) in [5.74, 6) is 0.667. The molecule has 174 valence electrons. The van der Waals surface area contributed by atoms with Gasteiger partial charge < -0.3 is 19.7 Å². The molecular formula is C25H29N3O4S. The zero-order valence-electron chi connectivity index (χ0n) is 18.9. The van der Waals surface area contributed by atoms with Crippen LogP contribution in [0.4, 0.5) is 9.80 Å². The summed E-state index contributed by atoms with van der Waals surface area (Å²) < 4.78 is 11.4. The molecule has 1 saturated heterocycles. The number of thiophene rings is 1. The molecular weight excluding hydrogens is 438 g/mol. The van der Waals surface area contributed by atoms with E-state index >= 15 is 0 Å². The van der Waals surface area contributed by atoms with Gasteiger partial charge in [-0.1, -0.05) is 18.2 Å². The van der Waals surface area contributed by atoms with Gasteiger partial charge in [-0.05, 0) is 56.2 Å². The van der Waals surface area contributed by atoms with Crippen LogP contribution in [0.5, 0.6) is 5.75 Å². The molecule has 33 heavy (non-hydrogen) atoms. The molecule has 0 saturated carbocycles. The van der Waals surface area contributed by atoms with Gasteiger partial charge >= 0.3 is 6.09 Å². The smallest absolute Gasteiger partial charge is 0.410 e. The monoisotopic (exact) mass is 467 g/mol. The minimum atomic E-state index is -0.237. The first-order valence-electron chi connectivity index (χ1n) is 11.6. The van der Waals surface area contributed by atoms with Gasteiger partial charge in [0.25, 0.3) is 0 Å². The molecule has 2 amide bonds. The van der Waals surface area contributed by atoms with Crippen molar-refractivity contribution < 1.29 is 19.1 Å². The highest BCUT2D eigenvalue weighted by Crippen LogP contribution is 2.38. The fourth-order valence-corrected chi connectivity index (χ4v) is 5.70. The summed E-state index contributed by atoms with van der Waals surface area (Å²) in [7, 11) is 0. The topological polar surface area (TPSA) is 91.7 Å². The first-order chi connectivity index (χ1) is 16.1. The van der Waals surface area contributed by atoms with E-state index in [9.17, 15) is 14.9 Å². The summed E-state index contributed by atoms with van der Waals surface area (Å²) >= 11 is 1.43. The lowest BCUT2D eigenvalue weighted by molar-refractivity contribution is -0.116. The van der Waals surface area contributed by atoms with E-state index in [2.05, 4.69) is 11.4 Å². The number of anilines is 1. The van der Waals surface area contributed by atoms with E-state index in [1.54, 1.807) is 4.90 Å². The summed E-state index contributed by atoms with van der Waals surface area (Å²) in [4.78, 5) is 27.8. The Balaban J connectivity index is 1.37. The number of nitrogens with zero attached hydrogens (tertiary/aromatic N) is 2. The Labute approximate surface area is 198 Å². The molecule has 1 aromatic carbocycles. The second kappa shape index (κ2) is 10.7. The van der Waals surface area contributed by atoms with Crippen LogP contribution in [0.3, 0.4) is 0 Å². The van der Waals surface area contributed by atoms with Gasteiger partial charge in [0.1, 0.15) is 22.9 Å². The summed E-state index contributed by atoms with van der Waals surface area (Å²) in [6, 6.07) is 9.99. The molecule has 0 spiro atoms. The Kier molecular flexibility index (Phi) is 7.50. The van der Waals surface area contributed by atoms with Gasteiger partial charge in [0.15, 0.2) is 0 Å². The molecule has 0 bridgehead atoms. The average Bonchev–Trinajstić information content (AvgIpc) is 3.46. The number of rotatable bonds is 7. The van der Waals surface area contributed by atoms with E-state index in [0.717, 1.165) is 47.7 Å². The Hall–Kier alpha value is -3.05. The van der Waals surface area contributed by atoms with Gasteiger partial charge in [-0.25, -0.2) is 4.79 Å². The minimum absolute atomic E-state index is 0.131. The molecule has 1 fully saturated rings. The van der Waals surface area contributed by atoms with Crippen LogP contribution in [-0.2, 0) is 28.8 Å². The third kappa shape index (κ3) is 5.48. The van der Waals surface area contributed by atoms with Crippen LogP contribution in [0.15, 0.2) is 24.3 Å². The Morgan fingerprint density at radius 1 is 1.27 bits per heavy atom. The molecule has 0 radical (unpaired) electrons. The van der Waals surface area contributed by atoms with Crippen molar-refractivity contribution in [2.45, 2.75) is 58.0 Å². The largest absolute Gasteiger partial charge is 0.494 e. The molecule has 4 rings (SSSR count). The lowest BCUT2D eigenvalue weighted by Gasteiger charge is -2.25. The maximum absolute atomic E-state index is 12.7. The number of nitrogens with one attached hydrogen (secondary N) is 1. The summed E-state index contributed by atoms with van der Waals surface area (Å²) in [6.07, 6.45) is 4.45. The van der Waals surface area contributed by atoms with Gasteiger partial charge in [-0.2, -0.15) is 5.26 Å². The fraction of sp³-hybridized carbons (Fsp3) is 0.480. The van der Waals surface area contributed by atoms with Crippen LogP contribution in [0, 0.1) is 11.3 Å². The van der Waals surface area contributed by atoms with Gasteiger partial charge in [0.2, 0.25) is 5.91 Å². The van der Waals surface area contributed by atoms with E-state index in [1.807, 2.05) is 31.2 Å². The van der Waals surface area contributed by atoms with Crippen LogP contribution in [0.2, 0.25) is 0 Å². The van der Waals surface area contributed by atoms with Gasteiger partial charge in [-0.3, -0.25) is 4.79 Å². The van der Waals surface area contributed by atoms with E-state index in [1.165, 1.54) is 11.3 Å². The lowest BCUT2D eigenvalue weighted by atomic mass is 9.94. The molecule has 2 heterocycles. The number of fused-ring (bicyclic) bond motifs is 1. The van der Waals surface area contributed by atoms with Crippen molar-refractivity contribution in [1.29, 1.82) is 5.26 Å². The molecule has 7 nitrogen and oxygen atoms in total. The van der Waals surface area contributed by atoms with Crippen molar-refractivity contribution in [1.82, 2.24) is 4.90 Å². The SMILES string of the molecule is CCOc1ccccc1CCC(=O)Nc1sc2c(c1C#N)CCC(OC(=O)N1CCCC1)C2. The van der Waals surface area contributed by atoms with Crippen molar-refractivity contribution in [2.75, 3.05) is 25.0 Å². The zero-order valence-corrected chi connectivity index (χ0v) is 19.7. The van der Waals surface area contributed by atoms with E-state index in [-0.39, 0.29) is 18.1 Å². The molecule has 8 heteroatoms.